The van der Waals surface area contributed by atoms with Crippen molar-refractivity contribution in [2.24, 2.45) is 0 Å². The highest BCUT2D eigenvalue weighted by Gasteiger charge is 2.12. The predicted molar refractivity (Wildman–Crippen MR) is 78.1 cm³/mol. The number of nitrogens with one attached hydrogen (secondary N) is 1. The molecule has 0 aliphatic heterocycles. The van der Waals surface area contributed by atoms with Crippen LogP contribution in [0.5, 0.6) is 5.75 Å². The summed E-state index contributed by atoms with van der Waals surface area (Å²) in [5, 5.41) is 12.6. The van der Waals surface area contributed by atoms with E-state index in [2.05, 4.69) is 10.3 Å². The summed E-state index contributed by atoms with van der Waals surface area (Å²) in [6, 6.07) is 7.50. The molecule has 0 saturated carbocycles. The van der Waals surface area contributed by atoms with Gasteiger partial charge in [0.1, 0.15) is 15.6 Å². The number of nitrogens with zero attached hydrogens (tertiary/aromatic N) is 1. The molecule has 20 heavy (non-hydrogen) atoms. The monoisotopic (exact) mass is 292 g/mol. The summed E-state index contributed by atoms with van der Waals surface area (Å²) in [5.41, 5.74) is 0.936. The topological polar surface area (TPSA) is 71.5 Å². The zero-order valence-electron chi connectivity index (χ0n) is 11.3. The van der Waals surface area contributed by atoms with Crippen LogP contribution in [0.15, 0.2) is 30.5 Å². The Morgan fingerprint density at radius 1 is 1.45 bits per heavy atom. The Bertz CT molecular complexity index is 578. The lowest BCUT2D eigenvalue weighted by atomic mass is 10.2. The van der Waals surface area contributed by atoms with Crippen LogP contribution in [0.2, 0.25) is 0 Å². The first kappa shape index (κ1) is 14.5. The molecule has 106 valence electrons. The normalized spacial score (nSPS) is 11.9. The molecule has 1 amide bonds. The number of ether oxygens (including phenoxy) is 1. The molecule has 1 heterocycles. The molecule has 5 nitrogen and oxygen atoms in total. The summed E-state index contributed by atoms with van der Waals surface area (Å²) in [6.45, 7) is 1.85. The second kappa shape index (κ2) is 6.49. The van der Waals surface area contributed by atoms with Crippen molar-refractivity contribution in [3.63, 3.8) is 0 Å². The number of rotatable bonds is 5. The Kier molecular flexibility index (Phi) is 4.70. The highest BCUT2D eigenvalue weighted by atomic mass is 32.1. The van der Waals surface area contributed by atoms with E-state index in [1.54, 1.807) is 20.2 Å². The van der Waals surface area contributed by atoms with Gasteiger partial charge in [-0.2, -0.15) is 0 Å². The number of thiazole rings is 1. The third kappa shape index (κ3) is 3.55. The molecule has 1 atom stereocenters. The van der Waals surface area contributed by atoms with E-state index in [4.69, 9.17) is 9.84 Å². The van der Waals surface area contributed by atoms with E-state index in [1.165, 1.54) is 11.3 Å². The zero-order chi connectivity index (χ0) is 14.5. The minimum absolute atomic E-state index is 0.219. The summed E-state index contributed by atoms with van der Waals surface area (Å²) in [7, 11) is 1.61. The van der Waals surface area contributed by atoms with Crippen LogP contribution < -0.4 is 10.1 Å². The molecule has 2 rings (SSSR count). The lowest BCUT2D eigenvalue weighted by molar-refractivity contribution is 0.0928. The average molecular weight is 292 g/mol. The van der Waals surface area contributed by atoms with Gasteiger partial charge in [-0.3, -0.25) is 4.79 Å². The molecule has 0 bridgehead atoms. The lowest BCUT2D eigenvalue weighted by Crippen LogP contribution is -2.29. The van der Waals surface area contributed by atoms with E-state index < -0.39 is 6.10 Å². The third-order valence-electron chi connectivity index (χ3n) is 2.62. The second-order valence-corrected chi connectivity index (χ2v) is 5.35. The van der Waals surface area contributed by atoms with Crippen LogP contribution in [0, 0.1) is 0 Å². The van der Waals surface area contributed by atoms with Crippen molar-refractivity contribution in [3.8, 4) is 16.3 Å². The fourth-order valence-electron chi connectivity index (χ4n) is 1.57. The zero-order valence-corrected chi connectivity index (χ0v) is 12.1. The van der Waals surface area contributed by atoms with Gasteiger partial charge in [-0.15, -0.1) is 11.3 Å². The van der Waals surface area contributed by atoms with Gasteiger partial charge in [0.15, 0.2) is 0 Å². The fourth-order valence-corrected chi connectivity index (χ4v) is 2.41. The number of hydrogen-bond acceptors (Lipinski definition) is 5. The highest BCUT2D eigenvalue weighted by molar-refractivity contribution is 7.16. The smallest absolute Gasteiger partial charge is 0.263 e. The van der Waals surface area contributed by atoms with E-state index in [-0.39, 0.29) is 12.5 Å². The average Bonchev–Trinajstić information content (AvgIpc) is 2.94. The maximum Gasteiger partial charge on any atom is 0.263 e. The quantitative estimate of drug-likeness (QED) is 0.883. The van der Waals surface area contributed by atoms with E-state index in [9.17, 15) is 4.79 Å². The summed E-state index contributed by atoms with van der Waals surface area (Å²) >= 11 is 1.31. The molecule has 1 aromatic heterocycles. The molecule has 0 radical (unpaired) electrons. The number of aromatic nitrogens is 1. The molecule has 0 fully saturated rings. The highest BCUT2D eigenvalue weighted by Crippen LogP contribution is 2.26. The SMILES string of the molecule is COc1ccc(-c2ncc(C(=O)NCC(C)O)s2)cc1. The molecule has 0 aliphatic carbocycles. The Labute approximate surface area is 121 Å². The molecule has 0 saturated heterocycles. The number of methoxy groups -OCH3 is 1. The largest absolute Gasteiger partial charge is 0.497 e. The van der Waals surface area contributed by atoms with Gasteiger partial charge >= 0.3 is 0 Å². The van der Waals surface area contributed by atoms with Crippen LogP contribution in [0.1, 0.15) is 16.6 Å². The third-order valence-corrected chi connectivity index (χ3v) is 3.67. The number of carbonyl (C=O) groups is 1. The molecule has 1 unspecified atom stereocenters. The van der Waals surface area contributed by atoms with Gasteiger partial charge in [0.2, 0.25) is 0 Å². The number of carbonyl (C=O) groups excluding carboxylic acids is 1. The second-order valence-electron chi connectivity index (χ2n) is 4.32. The summed E-state index contributed by atoms with van der Waals surface area (Å²) in [6.07, 6.45) is 0.981. The fraction of sp³-hybridized carbons (Fsp3) is 0.286. The van der Waals surface area contributed by atoms with Crippen LogP contribution in [-0.2, 0) is 0 Å². The maximum atomic E-state index is 11.8. The molecule has 0 spiro atoms. The molecule has 2 aromatic rings. The van der Waals surface area contributed by atoms with Crippen molar-refractivity contribution >= 4 is 17.2 Å². The van der Waals surface area contributed by atoms with Crippen LogP contribution in [0.3, 0.4) is 0 Å². The van der Waals surface area contributed by atoms with E-state index in [0.29, 0.717) is 4.88 Å². The summed E-state index contributed by atoms with van der Waals surface area (Å²) in [4.78, 5) is 16.6. The van der Waals surface area contributed by atoms with Crippen molar-refractivity contribution in [3.05, 3.63) is 35.3 Å². The summed E-state index contributed by atoms with van der Waals surface area (Å²) in [5.74, 6) is 0.559. The van der Waals surface area contributed by atoms with E-state index in [0.717, 1.165) is 16.3 Å². The van der Waals surface area contributed by atoms with Crippen molar-refractivity contribution in [2.75, 3.05) is 13.7 Å². The Morgan fingerprint density at radius 3 is 2.75 bits per heavy atom. The van der Waals surface area contributed by atoms with E-state index in [1.807, 2.05) is 24.3 Å². The lowest BCUT2D eigenvalue weighted by Gasteiger charge is -2.04. The standard InChI is InChI=1S/C14H16N2O3S/c1-9(17)7-15-13(18)12-8-16-14(20-12)10-3-5-11(19-2)6-4-10/h3-6,8-9,17H,7H2,1-2H3,(H,15,18). The van der Waals surface area contributed by atoms with Crippen LogP contribution in [-0.4, -0.2) is 35.8 Å². The van der Waals surface area contributed by atoms with Gasteiger partial charge in [0.05, 0.1) is 19.4 Å². The Hall–Kier alpha value is -1.92. The molecular formula is C14H16N2O3S. The van der Waals surface area contributed by atoms with Crippen LogP contribution in [0.25, 0.3) is 10.6 Å². The number of aliphatic hydroxyl groups excluding tert-OH is 1. The van der Waals surface area contributed by atoms with Crippen molar-refractivity contribution in [1.82, 2.24) is 10.3 Å². The number of aliphatic hydroxyl groups is 1. The first-order chi connectivity index (χ1) is 9.60. The first-order valence-corrected chi connectivity index (χ1v) is 6.98. The van der Waals surface area contributed by atoms with E-state index >= 15 is 0 Å². The van der Waals surface area contributed by atoms with Gasteiger partial charge in [0, 0.05) is 12.1 Å². The van der Waals surface area contributed by atoms with Gasteiger partial charge in [-0.05, 0) is 31.2 Å². The molecule has 6 heteroatoms. The van der Waals surface area contributed by atoms with Crippen molar-refractivity contribution in [1.29, 1.82) is 0 Å². The van der Waals surface area contributed by atoms with Crippen LogP contribution in [0.4, 0.5) is 0 Å². The summed E-state index contributed by atoms with van der Waals surface area (Å²) < 4.78 is 5.10. The first-order valence-electron chi connectivity index (χ1n) is 6.16. The van der Waals surface area contributed by atoms with Crippen molar-refractivity contribution in [2.45, 2.75) is 13.0 Å². The van der Waals surface area contributed by atoms with Gasteiger partial charge in [0.25, 0.3) is 5.91 Å². The number of benzene rings is 1. The molecular weight excluding hydrogens is 276 g/mol. The molecule has 1 aromatic carbocycles. The Balaban J connectivity index is 2.09. The van der Waals surface area contributed by atoms with Gasteiger partial charge in [-0.1, -0.05) is 0 Å². The molecule has 0 aliphatic rings. The Morgan fingerprint density at radius 2 is 2.15 bits per heavy atom. The minimum Gasteiger partial charge on any atom is -0.497 e. The maximum absolute atomic E-state index is 11.8. The minimum atomic E-state index is -0.562. The van der Waals surface area contributed by atoms with Gasteiger partial charge in [-0.25, -0.2) is 4.98 Å². The predicted octanol–water partition coefficient (Wildman–Crippen LogP) is 1.93. The number of hydrogen-bond donors (Lipinski definition) is 2. The number of amides is 1. The van der Waals surface area contributed by atoms with Crippen molar-refractivity contribution < 1.29 is 14.6 Å². The van der Waals surface area contributed by atoms with Gasteiger partial charge < -0.3 is 15.2 Å². The van der Waals surface area contributed by atoms with Crippen LogP contribution >= 0.6 is 11.3 Å². The molecule has 2 N–H and O–H groups in total.